The van der Waals surface area contributed by atoms with E-state index in [1.165, 1.54) is 17.7 Å². The molecular weight excluding hydrogens is 455 g/mol. The minimum absolute atomic E-state index is 0.165. The van der Waals surface area contributed by atoms with Crippen molar-refractivity contribution < 1.29 is 4.39 Å². The molecule has 1 N–H and O–H groups in total. The fourth-order valence-corrected chi connectivity index (χ4v) is 5.16. The van der Waals surface area contributed by atoms with Gasteiger partial charge < -0.3 is 9.88 Å². The number of tetrazole rings is 1. The van der Waals surface area contributed by atoms with Crippen molar-refractivity contribution in [3.8, 4) is 0 Å². The first-order valence-electron chi connectivity index (χ1n) is 12.0. The number of nitrogens with zero attached hydrogens (tertiary/aromatic N) is 5. The van der Waals surface area contributed by atoms with Crippen molar-refractivity contribution in [1.29, 1.82) is 0 Å². The monoisotopic (exact) mass is 480 g/mol. The summed E-state index contributed by atoms with van der Waals surface area (Å²) in [7, 11) is 0. The molecule has 0 radical (unpaired) electrons. The molecule has 0 spiro atoms. The van der Waals surface area contributed by atoms with Gasteiger partial charge in [0.2, 0.25) is 0 Å². The molecule has 180 valence electrons. The largest absolute Gasteiger partial charge is 0.357 e. The van der Waals surface area contributed by atoms with E-state index in [0.29, 0.717) is 17.9 Å². The van der Waals surface area contributed by atoms with E-state index in [9.17, 15) is 9.18 Å². The van der Waals surface area contributed by atoms with Gasteiger partial charge in [0, 0.05) is 23.2 Å². The van der Waals surface area contributed by atoms with Crippen LogP contribution in [0.15, 0.2) is 71.5 Å². The summed E-state index contributed by atoms with van der Waals surface area (Å²) in [6.07, 6.45) is 0.871. The Labute approximate surface area is 207 Å². The average molecular weight is 481 g/mol. The van der Waals surface area contributed by atoms with Crippen molar-refractivity contribution in [2.24, 2.45) is 0 Å². The number of benzene rings is 3. The highest BCUT2D eigenvalue weighted by Crippen LogP contribution is 2.37. The fourth-order valence-electron chi connectivity index (χ4n) is 5.16. The number of H-pyrrole nitrogens is 1. The van der Waals surface area contributed by atoms with Gasteiger partial charge in [0.05, 0.1) is 12.1 Å². The molecule has 1 atom stereocenters. The number of anilines is 1. The van der Waals surface area contributed by atoms with Crippen LogP contribution in [-0.4, -0.2) is 31.7 Å². The fraction of sp³-hybridized carbons (Fsp3) is 0.214. The number of halogens is 1. The molecule has 1 aliphatic rings. The normalized spacial score (nSPS) is 13.8. The first-order valence-corrected chi connectivity index (χ1v) is 12.0. The highest BCUT2D eigenvalue weighted by atomic mass is 19.1. The first kappa shape index (κ1) is 22.2. The van der Waals surface area contributed by atoms with Crippen molar-refractivity contribution in [3.05, 3.63) is 117 Å². The summed E-state index contributed by atoms with van der Waals surface area (Å²) in [5, 5.41) is 13.7. The van der Waals surface area contributed by atoms with E-state index in [-0.39, 0.29) is 11.4 Å². The molecule has 6 rings (SSSR count). The van der Waals surface area contributed by atoms with E-state index < -0.39 is 6.04 Å². The number of rotatable bonds is 5. The van der Waals surface area contributed by atoms with E-state index in [2.05, 4.69) is 43.6 Å². The smallest absolute Gasteiger partial charge is 0.254 e. The molecule has 0 saturated heterocycles. The van der Waals surface area contributed by atoms with Crippen LogP contribution in [0.2, 0.25) is 0 Å². The minimum Gasteiger partial charge on any atom is -0.357 e. The van der Waals surface area contributed by atoms with E-state index in [1.54, 1.807) is 16.8 Å². The Morgan fingerprint density at radius 1 is 1.03 bits per heavy atom. The summed E-state index contributed by atoms with van der Waals surface area (Å²) >= 11 is 0. The number of hydrogen-bond donors (Lipinski definition) is 1. The Hall–Kier alpha value is -4.33. The molecule has 7 nitrogen and oxygen atoms in total. The maximum atomic E-state index is 13.6. The molecule has 0 saturated carbocycles. The molecule has 36 heavy (non-hydrogen) atoms. The predicted molar refractivity (Wildman–Crippen MR) is 137 cm³/mol. The third kappa shape index (κ3) is 3.75. The summed E-state index contributed by atoms with van der Waals surface area (Å²) in [5.74, 6) is 0.266. The highest BCUT2D eigenvalue weighted by Gasteiger charge is 2.34. The van der Waals surface area contributed by atoms with Gasteiger partial charge in [0.25, 0.3) is 5.56 Å². The van der Waals surface area contributed by atoms with Crippen molar-refractivity contribution in [3.63, 3.8) is 0 Å². The molecule has 8 heteroatoms. The highest BCUT2D eigenvalue weighted by molar-refractivity contribution is 5.85. The number of aryl methyl sites for hydroxylation is 2. The lowest BCUT2D eigenvalue weighted by Gasteiger charge is -2.29. The van der Waals surface area contributed by atoms with Gasteiger partial charge in [0.1, 0.15) is 11.9 Å². The van der Waals surface area contributed by atoms with E-state index in [4.69, 9.17) is 0 Å². The van der Waals surface area contributed by atoms with Crippen LogP contribution in [-0.2, 0) is 13.0 Å². The second kappa shape index (κ2) is 8.71. The van der Waals surface area contributed by atoms with Crippen LogP contribution < -0.4 is 10.5 Å². The molecule has 0 aliphatic carbocycles. The van der Waals surface area contributed by atoms with Crippen molar-refractivity contribution in [2.75, 3.05) is 11.4 Å². The summed E-state index contributed by atoms with van der Waals surface area (Å²) < 4.78 is 15.2. The zero-order chi connectivity index (χ0) is 24.8. The molecular formula is C28H25FN6O. The lowest BCUT2D eigenvalue weighted by atomic mass is 9.99. The van der Waals surface area contributed by atoms with Crippen LogP contribution in [0.4, 0.5) is 10.1 Å². The average Bonchev–Trinajstić information content (AvgIpc) is 3.52. The third-order valence-electron chi connectivity index (χ3n) is 7.05. The van der Waals surface area contributed by atoms with E-state index in [0.717, 1.165) is 46.2 Å². The van der Waals surface area contributed by atoms with Gasteiger partial charge in [-0.25, -0.2) is 9.07 Å². The Balaban J connectivity index is 1.54. The third-order valence-corrected chi connectivity index (χ3v) is 7.05. The SMILES string of the molecule is Cc1ccc(C)c2[nH]c(=O)c([C@@H](c3nnnn3Cc3ccc(F)cc3)N3CCc4ccccc43)cc12. The van der Waals surface area contributed by atoms with Crippen LogP contribution in [0.3, 0.4) is 0 Å². The Kier molecular flexibility index (Phi) is 5.36. The second-order valence-electron chi connectivity index (χ2n) is 9.34. The van der Waals surface area contributed by atoms with Crippen LogP contribution in [0, 0.1) is 19.7 Å². The predicted octanol–water partition coefficient (Wildman–Crippen LogP) is 4.47. The van der Waals surface area contributed by atoms with Gasteiger partial charge in [-0.3, -0.25) is 4.79 Å². The topological polar surface area (TPSA) is 79.7 Å². The zero-order valence-electron chi connectivity index (χ0n) is 20.1. The first-order chi connectivity index (χ1) is 17.5. The van der Waals surface area contributed by atoms with Gasteiger partial charge in [-0.05, 0) is 77.2 Å². The summed E-state index contributed by atoms with van der Waals surface area (Å²) in [6, 6.07) is 20.1. The van der Waals surface area contributed by atoms with Crippen molar-refractivity contribution >= 4 is 16.6 Å². The van der Waals surface area contributed by atoms with Gasteiger partial charge in [-0.1, -0.05) is 42.5 Å². The number of aromatic nitrogens is 5. The molecule has 0 fully saturated rings. The van der Waals surface area contributed by atoms with Crippen LogP contribution in [0.1, 0.15) is 39.7 Å². The molecule has 5 aromatic rings. The lowest BCUT2D eigenvalue weighted by molar-refractivity contribution is 0.576. The Bertz CT molecular complexity index is 1640. The van der Waals surface area contributed by atoms with Gasteiger partial charge in [-0.2, -0.15) is 0 Å². The summed E-state index contributed by atoms with van der Waals surface area (Å²) in [5.41, 5.74) is 6.52. The van der Waals surface area contributed by atoms with E-state index in [1.807, 2.05) is 38.1 Å². The van der Waals surface area contributed by atoms with Crippen molar-refractivity contribution in [1.82, 2.24) is 25.2 Å². The number of para-hydroxylation sites is 1. The molecule has 0 unspecified atom stereocenters. The summed E-state index contributed by atoms with van der Waals surface area (Å²) in [6.45, 7) is 5.13. The number of fused-ring (bicyclic) bond motifs is 2. The van der Waals surface area contributed by atoms with Crippen LogP contribution in [0.5, 0.6) is 0 Å². The van der Waals surface area contributed by atoms with Gasteiger partial charge >= 0.3 is 0 Å². The maximum absolute atomic E-state index is 13.6. The number of nitrogens with one attached hydrogen (secondary N) is 1. The van der Waals surface area contributed by atoms with E-state index >= 15 is 0 Å². The molecule has 3 aromatic carbocycles. The maximum Gasteiger partial charge on any atom is 0.254 e. The van der Waals surface area contributed by atoms with Crippen molar-refractivity contribution in [2.45, 2.75) is 32.9 Å². The standard InChI is InChI=1S/C28H25FN6O/c1-17-7-8-18(2)25-22(17)15-23(28(36)30-25)26(34-14-13-20-5-3-4-6-24(20)34)27-31-32-33-35(27)16-19-9-11-21(29)12-10-19/h3-12,15,26H,13-14,16H2,1-2H3,(H,30,36)/t26-/m0/s1. The molecule has 0 amide bonds. The molecule has 2 aromatic heterocycles. The number of aromatic amines is 1. The van der Waals surface area contributed by atoms with Gasteiger partial charge in [-0.15, -0.1) is 5.10 Å². The molecule has 0 bridgehead atoms. The van der Waals surface area contributed by atoms with Gasteiger partial charge in [0.15, 0.2) is 5.82 Å². The second-order valence-corrected chi connectivity index (χ2v) is 9.34. The quantitative estimate of drug-likeness (QED) is 0.402. The van der Waals surface area contributed by atoms with Crippen LogP contribution >= 0.6 is 0 Å². The summed E-state index contributed by atoms with van der Waals surface area (Å²) in [4.78, 5) is 19.0. The Morgan fingerprint density at radius 2 is 1.81 bits per heavy atom. The zero-order valence-corrected chi connectivity index (χ0v) is 20.1. The number of hydrogen-bond acceptors (Lipinski definition) is 5. The Morgan fingerprint density at radius 3 is 2.64 bits per heavy atom. The lowest BCUT2D eigenvalue weighted by Crippen LogP contribution is -2.34. The number of pyridine rings is 1. The molecule has 1 aliphatic heterocycles. The molecule has 3 heterocycles. The minimum atomic E-state index is -0.503. The van der Waals surface area contributed by atoms with Crippen LogP contribution in [0.25, 0.3) is 10.9 Å².